The number of aryl methyl sites for hydroxylation is 1. The minimum Gasteiger partial charge on any atom is -0.488 e. The lowest BCUT2D eigenvalue weighted by Gasteiger charge is -2.11. The lowest BCUT2D eigenvalue weighted by atomic mass is 10.1. The fourth-order valence-electron chi connectivity index (χ4n) is 2.81. The molecule has 0 fully saturated rings. The van der Waals surface area contributed by atoms with Gasteiger partial charge < -0.3 is 10.1 Å². The Hall–Kier alpha value is -4.15. The molecule has 160 valence electrons. The van der Waals surface area contributed by atoms with Crippen LogP contribution < -0.4 is 10.1 Å². The van der Waals surface area contributed by atoms with E-state index in [9.17, 15) is 20.2 Å². The van der Waals surface area contributed by atoms with E-state index in [0.29, 0.717) is 22.9 Å². The number of carbonyl (C=O) groups excluding carboxylic acids is 1. The molecule has 0 aliphatic carbocycles. The first kappa shape index (κ1) is 22.5. The molecule has 3 aromatic rings. The van der Waals surface area contributed by atoms with Crippen LogP contribution in [0.1, 0.15) is 16.7 Å². The largest absolute Gasteiger partial charge is 0.488 e. The summed E-state index contributed by atoms with van der Waals surface area (Å²) in [6.07, 6.45) is 1.36. The van der Waals surface area contributed by atoms with Gasteiger partial charge in [0.25, 0.3) is 11.6 Å². The molecular formula is C24H18ClN3O4. The summed E-state index contributed by atoms with van der Waals surface area (Å²) in [4.78, 5) is 22.9. The van der Waals surface area contributed by atoms with Crippen molar-refractivity contribution in [3.05, 3.63) is 104 Å². The molecule has 3 aromatic carbocycles. The Bertz CT molecular complexity index is 1230. The second kappa shape index (κ2) is 10.2. The maximum absolute atomic E-state index is 12.6. The molecule has 0 saturated heterocycles. The van der Waals surface area contributed by atoms with Crippen LogP contribution in [-0.2, 0) is 11.4 Å². The second-order valence-electron chi connectivity index (χ2n) is 6.89. The van der Waals surface area contributed by atoms with E-state index in [1.807, 2.05) is 37.3 Å². The molecule has 0 unspecified atom stereocenters. The molecule has 0 spiro atoms. The lowest BCUT2D eigenvalue weighted by molar-refractivity contribution is -0.384. The van der Waals surface area contributed by atoms with Crippen LogP contribution in [0.5, 0.6) is 5.75 Å². The van der Waals surface area contributed by atoms with Crippen molar-refractivity contribution in [2.24, 2.45) is 0 Å². The van der Waals surface area contributed by atoms with Gasteiger partial charge in [-0.05, 0) is 42.8 Å². The summed E-state index contributed by atoms with van der Waals surface area (Å²) >= 11 is 6.10. The maximum atomic E-state index is 12.6. The molecule has 0 atom stereocenters. The van der Waals surface area contributed by atoms with Crippen molar-refractivity contribution in [1.29, 1.82) is 5.26 Å². The van der Waals surface area contributed by atoms with Gasteiger partial charge in [0, 0.05) is 28.4 Å². The van der Waals surface area contributed by atoms with Crippen LogP contribution >= 0.6 is 11.6 Å². The monoisotopic (exact) mass is 447 g/mol. The van der Waals surface area contributed by atoms with Crippen molar-refractivity contribution in [2.45, 2.75) is 13.5 Å². The zero-order chi connectivity index (χ0) is 23.1. The van der Waals surface area contributed by atoms with Crippen LogP contribution in [0.15, 0.2) is 72.3 Å². The number of non-ortho nitro benzene ring substituents is 1. The summed E-state index contributed by atoms with van der Waals surface area (Å²) in [5.41, 5.74) is 2.37. The van der Waals surface area contributed by atoms with Crippen LogP contribution in [0.4, 0.5) is 11.4 Å². The second-order valence-corrected chi connectivity index (χ2v) is 7.32. The first-order chi connectivity index (χ1) is 15.4. The van der Waals surface area contributed by atoms with E-state index in [4.69, 9.17) is 16.3 Å². The predicted octanol–water partition coefficient (Wildman–Crippen LogP) is 5.68. The third-order valence-electron chi connectivity index (χ3n) is 4.47. The number of benzene rings is 3. The SMILES string of the molecule is Cc1ccc(COc2ccc(Cl)cc2/C=C(\C#N)C(=O)Nc2cccc([N+](=O)[O-])c2)cc1. The number of nitriles is 1. The van der Waals surface area contributed by atoms with Gasteiger partial charge in [-0.3, -0.25) is 14.9 Å². The van der Waals surface area contributed by atoms with Crippen molar-refractivity contribution in [3.63, 3.8) is 0 Å². The Labute approximate surface area is 189 Å². The van der Waals surface area contributed by atoms with Crippen molar-refractivity contribution in [2.75, 3.05) is 5.32 Å². The highest BCUT2D eigenvalue weighted by Crippen LogP contribution is 2.27. The van der Waals surface area contributed by atoms with Crippen molar-refractivity contribution in [3.8, 4) is 11.8 Å². The summed E-state index contributed by atoms with van der Waals surface area (Å²) in [5, 5.41) is 23.3. The van der Waals surface area contributed by atoms with E-state index >= 15 is 0 Å². The summed E-state index contributed by atoms with van der Waals surface area (Å²) in [7, 11) is 0. The number of amides is 1. The summed E-state index contributed by atoms with van der Waals surface area (Å²) < 4.78 is 5.88. The number of nitro groups is 1. The number of nitro benzene ring substituents is 1. The number of carbonyl (C=O) groups is 1. The minimum absolute atomic E-state index is 0.174. The van der Waals surface area contributed by atoms with E-state index < -0.39 is 10.8 Å². The minimum atomic E-state index is -0.711. The zero-order valence-electron chi connectivity index (χ0n) is 17.0. The summed E-state index contributed by atoms with van der Waals surface area (Å²) in [5.74, 6) is -0.261. The van der Waals surface area contributed by atoms with Crippen LogP contribution in [0, 0.1) is 28.4 Å². The van der Waals surface area contributed by atoms with Crippen LogP contribution in [0.2, 0.25) is 5.02 Å². The quantitative estimate of drug-likeness (QED) is 0.217. The number of nitrogens with zero attached hydrogens (tertiary/aromatic N) is 2. The van der Waals surface area contributed by atoms with Gasteiger partial charge in [-0.25, -0.2) is 0 Å². The number of hydrogen-bond donors (Lipinski definition) is 1. The average molecular weight is 448 g/mol. The standard InChI is InChI=1S/C24H18ClN3O4/c1-16-5-7-17(8-6-16)15-32-23-10-9-20(25)12-18(23)11-19(14-26)24(29)27-21-3-2-4-22(13-21)28(30)31/h2-13H,15H2,1H3,(H,27,29)/b19-11+. The van der Waals surface area contributed by atoms with E-state index in [2.05, 4.69) is 5.32 Å². The van der Waals surface area contributed by atoms with Gasteiger partial charge in [0.15, 0.2) is 0 Å². The maximum Gasteiger partial charge on any atom is 0.271 e. The summed E-state index contributed by atoms with van der Waals surface area (Å²) in [6.45, 7) is 2.29. The number of ether oxygens (including phenoxy) is 1. The molecule has 1 N–H and O–H groups in total. The Balaban J connectivity index is 1.82. The lowest BCUT2D eigenvalue weighted by Crippen LogP contribution is -2.13. The van der Waals surface area contributed by atoms with E-state index in [1.165, 1.54) is 30.3 Å². The van der Waals surface area contributed by atoms with Crippen LogP contribution in [-0.4, -0.2) is 10.8 Å². The molecule has 8 heteroatoms. The molecule has 0 saturated carbocycles. The predicted molar refractivity (Wildman–Crippen MR) is 122 cm³/mol. The van der Waals surface area contributed by atoms with Crippen molar-refractivity contribution < 1.29 is 14.5 Å². The number of anilines is 1. The Kier molecular flexibility index (Phi) is 7.21. The molecule has 32 heavy (non-hydrogen) atoms. The molecular weight excluding hydrogens is 430 g/mol. The van der Waals surface area contributed by atoms with Gasteiger partial charge in [-0.15, -0.1) is 0 Å². The number of rotatable bonds is 7. The van der Waals surface area contributed by atoms with Gasteiger partial charge in [0.1, 0.15) is 24.0 Å². The molecule has 7 nitrogen and oxygen atoms in total. The first-order valence-corrected chi connectivity index (χ1v) is 9.89. The first-order valence-electron chi connectivity index (χ1n) is 9.51. The number of nitrogens with one attached hydrogen (secondary N) is 1. The van der Waals surface area contributed by atoms with Crippen molar-refractivity contribution in [1.82, 2.24) is 0 Å². The van der Waals surface area contributed by atoms with Gasteiger partial charge >= 0.3 is 0 Å². The number of halogens is 1. The smallest absolute Gasteiger partial charge is 0.271 e. The highest BCUT2D eigenvalue weighted by atomic mass is 35.5. The third kappa shape index (κ3) is 5.94. The van der Waals surface area contributed by atoms with Crippen LogP contribution in [0.25, 0.3) is 6.08 Å². The Morgan fingerprint density at radius 3 is 2.62 bits per heavy atom. The molecule has 1 amide bonds. The molecule has 0 bridgehead atoms. The van der Waals surface area contributed by atoms with Gasteiger partial charge in [0.2, 0.25) is 0 Å². The highest BCUT2D eigenvalue weighted by molar-refractivity contribution is 6.30. The van der Waals surface area contributed by atoms with E-state index in [1.54, 1.807) is 18.2 Å². The fraction of sp³-hybridized carbons (Fsp3) is 0.0833. The summed E-state index contributed by atoms with van der Waals surface area (Å²) in [6, 6.07) is 20.1. The molecule has 0 aromatic heterocycles. The van der Waals surface area contributed by atoms with Crippen LogP contribution in [0.3, 0.4) is 0 Å². The number of hydrogen-bond acceptors (Lipinski definition) is 5. The molecule has 0 aliphatic heterocycles. The van der Waals surface area contributed by atoms with E-state index in [-0.39, 0.29) is 16.9 Å². The topological polar surface area (TPSA) is 105 Å². The molecule has 3 rings (SSSR count). The third-order valence-corrected chi connectivity index (χ3v) is 4.70. The Morgan fingerprint density at radius 1 is 1.19 bits per heavy atom. The zero-order valence-corrected chi connectivity index (χ0v) is 17.8. The van der Waals surface area contributed by atoms with Crippen molar-refractivity contribution >= 4 is 35.0 Å². The molecule has 0 radical (unpaired) electrons. The normalized spacial score (nSPS) is 10.8. The molecule has 0 heterocycles. The average Bonchev–Trinajstić information content (AvgIpc) is 2.78. The highest BCUT2D eigenvalue weighted by Gasteiger charge is 2.14. The van der Waals surface area contributed by atoms with Gasteiger partial charge in [-0.1, -0.05) is 47.5 Å². The van der Waals surface area contributed by atoms with Gasteiger partial charge in [-0.2, -0.15) is 5.26 Å². The van der Waals surface area contributed by atoms with E-state index in [0.717, 1.165) is 11.1 Å². The molecule has 0 aliphatic rings. The fourth-order valence-corrected chi connectivity index (χ4v) is 2.99. The van der Waals surface area contributed by atoms with Gasteiger partial charge in [0.05, 0.1) is 4.92 Å². The Morgan fingerprint density at radius 2 is 1.94 bits per heavy atom.